The molecule has 2 nitrogen and oxygen atoms in total. The Kier molecular flexibility index (Phi) is 4.52. The number of benzene rings is 1. The molecular weight excluding hydrogens is 219 g/mol. The van der Waals surface area contributed by atoms with Gasteiger partial charge in [0.05, 0.1) is 12.7 Å². The van der Waals surface area contributed by atoms with Gasteiger partial charge in [0.15, 0.2) is 11.6 Å². The van der Waals surface area contributed by atoms with Crippen LogP contribution in [0.3, 0.4) is 0 Å². The standard InChI is InChI=1S/C14H21FO2/c1-5-14(16,10(2)3)9-11-7-6-8-12(17-4)13(11)15/h6-8,10,16H,5,9H2,1-4H3. The molecule has 1 N–H and O–H groups in total. The van der Waals surface area contributed by atoms with E-state index in [4.69, 9.17) is 4.74 Å². The number of hydrogen-bond donors (Lipinski definition) is 1. The lowest BCUT2D eigenvalue weighted by Crippen LogP contribution is -2.37. The molecule has 0 saturated carbocycles. The lowest BCUT2D eigenvalue weighted by atomic mass is 9.82. The van der Waals surface area contributed by atoms with Crippen LogP contribution in [0.15, 0.2) is 18.2 Å². The Hall–Kier alpha value is -1.09. The second-order valence-corrected chi connectivity index (χ2v) is 4.72. The van der Waals surface area contributed by atoms with Crippen molar-refractivity contribution in [3.63, 3.8) is 0 Å². The van der Waals surface area contributed by atoms with Crippen molar-refractivity contribution in [2.24, 2.45) is 5.92 Å². The summed E-state index contributed by atoms with van der Waals surface area (Å²) in [5.74, 6) is -0.0645. The van der Waals surface area contributed by atoms with Gasteiger partial charge in [-0.05, 0) is 24.0 Å². The molecule has 1 rings (SSSR count). The molecule has 17 heavy (non-hydrogen) atoms. The van der Waals surface area contributed by atoms with E-state index in [9.17, 15) is 9.50 Å². The molecule has 0 aliphatic carbocycles. The molecule has 0 spiro atoms. The molecule has 1 unspecified atom stereocenters. The Morgan fingerprint density at radius 2 is 2.06 bits per heavy atom. The van der Waals surface area contributed by atoms with Crippen molar-refractivity contribution in [3.05, 3.63) is 29.6 Å². The first-order chi connectivity index (χ1) is 7.94. The Balaban J connectivity index is 3.02. The van der Waals surface area contributed by atoms with E-state index >= 15 is 0 Å². The van der Waals surface area contributed by atoms with Gasteiger partial charge < -0.3 is 9.84 Å². The predicted molar refractivity (Wildman–Crippen MR) is 66.7 cm³/mol. The van der Waals surface area contributed by atoms with Crippen molar-refractivity contribution < 1.29 is 14.2 Å². The first-order valence-corrected chi connectivity index (χ1v) is 5.98. The van der Waals surface area contributed by atoms with Gasteiger partial charge in [0, 0.05) is 6.42 Å². The van der Waals surface area contributed by atoms with Gasteiger partial charge in [-0.15, -0.1) is 0 Å². The van der Waals surface area contributed by atoms with Crippen LogP contribution in [0.2, 0.25) is 0 Å². The first-order valence-electron chi connectivity index (χ1n) is 5.98. The monoisotopic (exact) mass is 240 g/mol. The van der Waals surface area contributed by atoms with Crippen molar-refractivity contribution >= 4 is 0 Å². The molecule has 3 heteroatoms. The summed E-state index contributed by atoms with van der Waals surface area (Å²) in [6.07, 6.45) is 0.908. The van der Waals surface area contributed by atoms with E-state index in [1.807, 2.05) is 20.8 Å². The lowest BCUT2D eigenvalue weighted by molar-refractivity contribution is -0.00901. The third kappa shape index (κ3) is 2.97. The van der Waals surface area contributed by atoms with Gasteiger partial charge >= 0.3 is 0 Å². The smallest absolute Gasteiger partial charge is 0.168 e. The van der Waals surface area contributed by atoms with Gasteiger partial charge in [0.1, 0.15) is 0 Å². The van der Waals surface area contributed by atoms with Crippen LogP contribution in [-0.2, 0) is 6.42 Å². The van der Waals surface area contributed by atoms with Crippen molar-refractivity contribution in [3.8, 4) is 5.75 Å². The Bertz CT molecular complexity index is 376. The van der Waals surface area contributed by atoms with E-state index in [2.05, 4.69) is 0 Å². The number of halogens is 1. The Morgan fingerprint density at radius 1 is 1.41 bits per heavy atom. The maximum absolute atomic E-state index is 14.0. The van der Waals surface area contributed by atoms with Crippen molar-refractivity contribution in [2.75, 3.05) is 7.11 Å². The van der Waals surface area contributed by atoms with Crippen LogP contribution >= 0.6 is 0 Å². The highest BCUT2D eigenvalue weighted by Crippen LogP contribution is 2.29. The highest BCUT2D eigenvalue weighted by atomic mass is 19.1. The molecular formula is C14H21FO2. The molecule has 0 heterocycles. The van der Waals surface area contributed by atoms with Crippen LogP contribution < -0.4 is 4.74 Å². The Labute approximate surface area is 102 Å². The summed E-state index contributed by atoms with van der Waals surface area (Å²) in [6.45, 7) is 5.81. The summed E-state index contributed by atoms with van der Waals surface area (Å²) < 4.78 is 18.9. The maximum Gasteiger partial charge on any atom is 0.168 e. The molecule has 0 bridgehead atoms. The predicted octanol–water partition coefficient (Wildman–Crippen LogP) is 3.17. The van der Waals surface area contributed by atoms with Crippen LogP contribution in [0.5, 0.6) is 5.75 Å². The average Bonchev–Trinajstić information content (AvgIpc) is 2.31. The largest absolute Gasteiger partial charge is 0.494 e. The fourth-order valence-electron chi connectivity index (χ4n) is 1.92. The van der Waals surface area contributed by atoms with Gasteiger partial charge in [-0.1, -0.05) is 32.9 Å². The fourth-order valence-corrected chi connectivity index (χ4v) is 1.92. The minimum Gasteiger partial charge on any atom is -0.494 e. The van der Waals surface area contributed by atoms with Crippen LogP contribution in [0.25, 0.3) is 0 Å². The molecule has 1 aromatic carbocycles. The molecule has 0 amide bonds. The average molecular weight is 240 g/mol. The number of rotatable bonds is 5. The van der Waals surface area contributed by atoms with E-state index in [1.54, 1.807) is 18.2 Å². The van der Waals surface area contributed by atoms with E-state index < -0.39 is 5.60 Å². The van der Waals surface area contributed by atoms with Crippen LogP contribution in [0, 0.1) is 11.7 Å². The molecule has 96 valence electrons. The number of hydrogen-bond acceptors (Lipinski definition) is 2. The molecule has 0 aromatic heterocycles. The van der Waals surface area contributed by atoms with Crippen molar-refractivity contribution in [1.29, 1.82) is 0 Å². The van der Waals surface area contributed by atoms with Crippen LogP contribution in [-0.4, -0.2) is 17.8 Å². The molecule has 1 atom stereocenters. The minimum atomic E-state index is -0.868. The highest BCUT2D eigenvalue weighted by Gasteiger charge is 2.30. The molecule has 0 saturated heterocycles. The number of ether oxygens (including phenoxy) is 1. The normalized spacial score (nSPS) is 14.8. The van der Waals surface area contributed by atoms with E-state index in [0.717, 1.165) is 0 Å². The number of aliphatic hydroxyl groups is 1. The number of methoxy groups -OCH3 is 1. The van der Waals surface area contributed by atoms with Gasteiger partial charge in [-0.25, -0.2) is 4.39 Å². The fraction of sp³-hybridized carbons (Fsp3) is 0.571. The highest BCUT2D eigenvalue weighted by molar-refractivity contribution is 5.32. The quantitative estimate of drug-likeness (QED) is 0.856. The second-order valence-electron chi connectivity index (χ2n) is 4.72. The van der Waals surface area contributed by atoms with Gasteiger partial charge in [-0.3, -0.25) is 0 Å². The zero-order chi connectivity index (χ0) is 13.1. The molecule has 0 fully saturated rings. The molecule has 1 aromatic rings. The third-order valence-electron chi connectivity index (χ3n) is 3.45. The minimum absolute atomic E-state index is 0.0816. The van der Waals surface area contributed by atoms with E-state index in [1.165, 1.54) is 7.11 Å². The lowest BCUT2D eigenvalue weighted by Gasteiger charge is -2.31. The summed E-state index contributed by atoms with van der Waals surface area (Å²) >= 11 is 0. The van der Waals surface area contributed by atoms with Crippen molar-refractivity contribution in [2.45, 2.75) is 39.2 Å². The zero-order valence-electron chi connectivity index (χ0n) is 11.0. The first kappa shape index (κ1) is 14.0. The van der Waals surface area contributed by atoms with Crippen molar-refractivity contribution in [1.82, 2.24) is 0 Å². The zero-order valence-corrected chi connectivity index (χ0v) is 11.0. The summed E-state index contributed by atoms with van der Waals surface area (Å²) in [5.41, 5.74) is -0.366. The maximum atomic E-state index is 14.0. The van der Waals surface area contributed by atoms with Gasteiger partial charge in [-0.2, -0.15) is 0 Å². The SMILES string of the molecule is CCC(O)(Cc1cccc(OC)c1F)C(C)C. The van der Waals surface area contributed by atoms with E-state index in [-0.39, 0.29) is 17.5 Å². The molecule has 0 radical (unpaired) electrons. The van der Waals surface area contributed by atoms with Crippen LogP contribution in [0.4, 0.5) is 4.39 Å². The van der Waals surface area contributed by atoms with E-state index in [0.29, 0.717) is 18.4 Å². The molecule has 0 aliphatic rings. The molecule has 0 aliphatic heterocycles. The van der Waals surface area contributed by atoms with Crippen LogP contribution in [0.1, 0.15) is 32.8 Å². The topological polar surface area (TPSA) is 29.5 Å². The summed E-state index contributed by atoms with van der Waals surface area (Å²) in [4.78, 5) is 0. The second kappa shape index (κ2) is 5.50. The van der Waals surface area contributed by atoms with Gasteiger partial charge in [0.2, 0.25) is 0 Å². The summed E-state index contributed by atoms with van der Waals surface area (Å²) in [7, 11) is 1.44. The Morgan fingerprint density at radius 3 is 2.53 bits per heavy atom. The summed E-state index contributed by atoms with van der Waals surface area (Å²) in [5, 5.41) is 10.4. The summed E-state index contributed by atoms with van der Waals surface area (Å²) in [6, 6.07) is 5.02. The third-order valence-corrected chi connectivity index (χ3v) is 3.45. The van der Waals surface area contributed by atoms with Gasteiger partial charge in [0.25, 0.3) is 0 Å².